The van der Waals surface area contributed by atoms with Crippen molar-refractivity contribution in [3.8, 4) is 11.3 Å². The molecule has 0 bridgehead atoms. The molecule has 1 aromatic carbocycles. The first kappa shape index (κ1) is 18.1. The predicted molar refractivity (Wildman–Crippen MR) is 111 cm³/mol. The summed E-state index contributed by atoms with van der Waals surface area (Å²) in [5.74, 6) is 1.87. The third-order valence-electron chi connectivity index (χ3n) is 5.82. The van der Waals surface area contributed by atoms with Gasteiger partial charge in [0.2, 0.25) is 5.91 Å². The number of hydrogen-bond donors (Lipinski definition) is 0. The zero-order valence-corrected chi connectivity index (χ0v) is 16.4. The molecule has 2 aromatic heterocycles. The number of amides is 1. The van der Waals surface area contributed by atoms with E-state index in [0.717, 1.165) is 69.2 Å². The Morgan fingerprint density at radius 2 is 1.72 bits per heavy atom. The fourth-order valence-electron chi connectivity index (χ4n) is 4.17. The average Bonchev–Trinajstić information content (AvgIpc) is 3.46. The Kier molecular flexibility index (Phi) is 4.85. The maximum absolute atomic E-state index is 12.4. The number of aromatic nitrogens is 4. The Balaban J connectivity index is 1.32. The van der Waals surface area contributed by atoms with E-state index < -0.39 is 0 Å². The van der Waals surface area contributed by atoms with Gasteiger partial charge in [0.05, 0.1) is 12.2 Å². The van der Waals surface area contributed by atoms with Crippen molar-refractivity contribution in [1.29, 1.82) is 0 Å². The Morgan fingerprint density at radius 1 is 0.966 bits per heavy atom. The first-order valence-corrected chi connectivity index (χ1v) is 10.3. The van der Waals surface area contributed by atoms with Crippen molar-refractivity contribution in [2.75, 3.05) is 50.7 Å². The summed E-state index contributed by atoms with van der Waals surface area (Å²) in [6, 6.07) is 12.2. The molecular formula is C21H25N7O. The molecule has 5 rings (SSSR count). The molecule has 2 aliphatic heterocycles. The molecule has 0 saturated carbocycles. The summed E-state index contributed by atoms with van der Waals surface area (Å²) in [6.07, 6.45) is 3.82. The second kappa shape index (κ2) is 7.79. The van der Waals surface area contributed by atoms with Gasteiger partial charge in [-0.05, 0) is 12.8 Å². The van der Waals surface area contributed by atoms with Crippen molar-refractivity contribution in [2.45, 2.75) is 12.8 Å². The van der Waals surface area contributed by atoms with Crippen LogP contribution in [0.25, 0.3) is 17.0 Å². The largest absolute Gasteiger partial charge is 0.354 e. The number of carbonyl (C=O) groups excluding carboxylic acids is 1. The van der Waals surface area contributed by atoms with Crippen LogP contribution in [0, 0.1) is 0 Å². The third-order valence-corrected chi connectivity index (χ3v) is 5.82. The van der Waals surface area contributed by atoms with Crippen molar-refractivity contribution >= 4 is 17.5 Å². The lowest BCUT2D eigenvalue weighted by atomic mass is 10.1. The van der Waals surface area contributed by atoms with E-state index in [4.69, 9.17) is 0 Å². The highest BCUT2D eigenvalue weighted by Crippen LogP contribution is 2.24. The highest BCUT2D eigenvalue weighted by Gasteiger charge is 2.25. The molecule has 2 fully saturated rings. The van der Waals surface area contributed by atoms with Crippen LogP contribution in [-0.4, -0.2) is 81.1 Å². The van der Waals surface area contributed by atoms with Gasteiger partial charge < -0.3 is 9.80 Å². The number of benzene rings is 1. The minimum Gasteiger partial charge on any atom is -0.354 e. The maximum Gasteiger partial charge on any atom is 0.254 e. The summed E-state index contributed by atoms with van der Waals surface area (Å²) in [5.41, 5.74) is 1.96. The van der Waals surface area contributed by atoms with Crippen molar-refractivity contribution in [3.63, 3.8) is 0 Å². The van der Waals surface area contributed by atoms with Gasteiger partial charge in [0.1, 0.15) is 12.1 Å². The van der Waals surface area contributed by atoms with Crippen LogP contribution in [0.1, 0.15) is 12.8 Å². The number of piperazine rings is 1. The molecule has 0 N–H and O–H groups in total. The van der Waals surface area contributed by atoms with E-state index in [1.807, 2.05) is 23.1 Å². The van der Waals surface area contributed by atoms with E-state index in [-0.39, 0.29) is 5.91 Å². The van der Waals surface area contributed by atoms with Crippen LogP contribution in [0.15, 0.2) is 42.7 Å². The zero-order chi connectivity index (χ0) is 19.6. The number of nitrogens with zero attached hydrogens (tertiary/aromatic N) is 7. The predicted octanol–water partition coefficient (Wildman–Crippen LogP) is 1.54. The fraction of sp³-hybridized carbons (Fsp3) is 0.429. The van der Waals surface area contributed by atoms with Gasteiger partial charge in [-0.1, -0.05) is 30.3 Å². The molecule has 1 amide bonds. The molecule has 0 unspecified atom stereocenters. The molecule has 8 heteroatoms. The van der Waals surface area contributed by atoms with Crippen LogP contribution in [0.2, 0.25) is 0 Å². The molecule has 8 nitrogen and oxygen atoms in total. The number of hydrogen-bond acceptors (Lipinski definition) is 6. The lowest BCUT2D eigenvalue weighted by molar-refractivity contribution is -0.131. The van der Waals surface area contributed by atoms with E-state index in [9.17, 15) is 4.79 Å². The smallest absolute Gasteiger partial charge is 0.254 e. The zero-order valence-electron chi connectivity index (χ0n) is 16.4. The minimum absolute atomic E-state index is 0.268. The van der Waals surface area contributed by atoms with Crippen molar-refractivity contribution in [3.05, 3.63) is 42.7 Å². The molecule has 2 saturated heterocycles. The second-order valence-corrected chi connectivity index (χ2v) is 7.69. The SMILES string of the molecule is O=C(CN1CCN(c2cc(-c3ccccc3)nc3ncnn23)CC1)N1CCCC1. The first-order chi connectivity index (χ1) is 14.3. The van der Waals surface area contributed by atoms with Gasteiger partial charge in [0.15, 0.2) is 0 Å². The van der Waals surface area contributed by atoms with Gasteiger partial charge >= 0.3 is 0 Å². The van der Waals surface area contributed by atoms with Crippen LogP contribution in [0.4, 0.5) is 5.82 Å². The monoisotopic (exact) mass is 391 g/mol. The van der Waals surface area contributed by atoms with Gasteiger partial charge in [0, 0.05) is 50.9 Å². The number of likely N-dealkylation sites (tertiary alicyclic amines) is 1. The summed E-state index contributed by atoms with van der Waals surface area (Å²) in [4.78, 5) is 28.0. The van der Waals surface area contributed by atoms with Gasteiger partial charge in [-0.2, -0.15) is 14.6 Å². The summed E-state index contributed by atoms with van der Waals surface area (Å²) >= 11 is 0. The molecule has 4 heterocycles. The fourth-order valence-corrected chi connectivity index (χ4v) is 4.17. The topological polar surface area (TPSA) is 69.9 Å². The highest BCUT2D eigenvalue weighted by atomic mass is 16.2. The Morgan fingerprint density at radius 3 is 2.48 bits per heavy atom. The lowest BCUT2D eigenvalue weighted by Crippen LogP contribution is -2.50. The van der Waals surface area contributed by atoms with Crippen molar-refractivity contribution in [1.82, 2.24) is 29.4 Å². The maximum atomic E-state index is 12.4. The number of anilines is 1. The minimum atomic E-state index is 0.268. The van der Waals surface area contributed by atoms with Gasteiger partial charge in [0.25, 0.3) is 5.78 Å². The summed E-state index contributed by atoms with van der Waals surface area (Å²) in [6.45, 7) is 5.78. The van der Waals surface area contributed by atoms with Crippen molar-refractivity contribution < 1.29 is 4.79 Å². The normalized spacial score (nSPS) is 17.9. The highest BCUT2D eigenvalue weighted by molar-refractivity contribution is 5.78. The Bertz CT molecular complexity index is 989. The Hall–Kier alpha value is -3.00. The number of carbonyl (C=O) groups is 1. The molecule has 3 aromatic rings. The van der Waals surface area contributed by atoms with Crippen LogP contribution < -0.4 is 4.90 Å². The van der Waals surface area contributed by atoms with Crippen LogP contribution in [-0.2, 0) is 4.79 Å². The molecule has 150 valence electrons. The van der Waals surface area contributed by atoms with Gasteiger partial charge in [-0.25, -0.2) is 4.98 Å². The molecule has 0 atom stereocenters. The molecule has 29 heavy (non-hydrogen) atoms. The van der Waals surface area contributed by atoms with Crippen molar-refractivity contribution in [2.24, 2.45) is 0 Å². The van der Waals surface area contributed by atoms with E-state index >= 15 is 0 Å². The molecule has 0 aliphatic carbocycles. The first-order valence-electron chi connectivity index (χ1n) is 10.3. The lowest BCUT2D eigenvalue weighted by Gasteiger charge is -2.36. The van der Waals surface area contributed by atoms with E-state index in [1.165, 1.54) is 0 Å². The van der Waals surface area contributed by atoms with Gasteiger partial charge in [-0.15, -0.1) is 0 Å². The van der Waals surface area contributed by atoms with Crippen LogP contribution >= 0.6 is 0 Å². The summed E-state index contributed by atoms with van der Waals surface area (Å²) in [7, 11) is 0. The molecule has 2 aliphatic rings. The molecule has 0 spiro atoms. The molecule has 0 radical (unpaired) electrons. The van der Waals surface area contributed by atoms with Crippen LogP contribution in [0.5, 0.6) is 0 Å². The Labute approximate surface area is 169 Å². The van der Waals surface area contributed by atoms with Gasteiger partial charge in [-0.3, -0.25) is 9.69 Å². The summed E-state index contributed by atoms with van der Waals surface area (Å²) < 4.78 is 1.80. The summed E-state index contributed by atoms with van der Waals surface area (Å²) in [5, 5.41) is 4.38. The number of rotatable bonds is 4. The van der Waals surface area contributed by atoms with E-state index in [0.29, 0.717) is 12.3 Å². The molecular weight excluding hydrogens is 366 g/mol. The average molecular weight is 391 g/mol. The second-order valence-electron chi connectivity index (χ2n) is 7.69. The van der Waals surface area contributed by atoms with Crippen LogP contribution in [0.3, 0.4) is 0 Å². The third kappa shape index (κ3) is 3.67. The standard InChI is InChI=1S/C21H25N7O/c29-20(27-8-4-5-9-27)15-25-10-12-26(13-11-25)19-14-18(17-6-2-1-3-7-17)24-21-22-16-23-28(19)21/h1-3,6-7,14,16H,4-5,8-13,15H2. The van der Waals surface area contributed by atoms with E-state index in [1.54, 1.807) is 10.8 Å². The quantitative estimate of drug-likeness (QED) is 0.672. The number of fused-ring (bicyclic) bond motifs is 1. The van der Waals surface area contributed by atoms with E-state index in [2.05, 4.69) is 43.1 Å².